The molecule has 0 aliphatic carbocycles. The lowest BCUT2D eigenvalue weighted by Crippen LogP contribution is -2.60. The summed E-state index contributed by atoms with van der Waals surface area (Å²) >= 11 is 0. The highest BCUT2D eigenvalue weighted by Gasteiger charge is 2.55. The van der Waals surface area contributed by atoms with Crippen LogP contribution in [0.3, 0.4) is 0 Å². The number of carbonyl (C=O) groups is 2. The Morgan fingerprint density at radius 1 is 0.955 bits per heavy atom. The summed E-state index contributed by atoms with van der Waals surface area (Å²) in [5.41, 5.74) is 5.18. The Hall–Kier alpha value is -4.70. The van der Waals surface area contributed by atoms with Crippen molar-refractivity contribution in [3.05, 3.63) is 95.6 Å². The fraction of sp³-hybridized carbons (Fsp3) is 0.257. The Kier molecular flexibility index (Phi) is 5.22. The van der Waals surface area contributed by atoms with Gasteiger partial charge in [0.1, 0.15) is 12.3 Å². The number of methoxy groups -OCH3 is 1. The van der Waals surface area contributed by atoms with Crippen LogP contribution < -0.4 is 5.32 Å². The molecule has 1 fully saturated rings. The van der Waals surface area contributed by atoms with Crippen LogP contribution in [0.15, 0.2) is 78.9 Å². The minimum Gasteiger partial charge on any atom is -0.375 e. The molecule has 3 aliphatic heterocycles. The zero-order valence-electron chi connectivity index (χ0n) is 24.5. The molecule has 9 nitrogen and oxygen atoms in total. The Labute approximate surface area is 252 Å². The fourth-order valence-electron chi connectivity index (χ4n) is 8.20. The summed E-state index contributed by atoms with van der Waals surface area (Å²) in [4.78, 5) is 32.7. The van der Waals surface area contributed by atoms with Gasteiger partial charge in [-0.05, 0) is 36.8 Å². The first-order valence-corrected chi connectivity index (χ1v) is 14.9. The first-order chi connectivity index (χ1) is 21.4. The monoisotopic (exact) mass is 586 g/mol. The largest absolute Gasteiger partial charge is 0.375 e. The number of amides is 1. The van der Waals surface area contributed by atoms with Crippen molar-refractivity contribution in [2.75, 3.05) is 14.2 Å². The van der Waals surface area contributed by atoms with Crippen molar-refractivity contribution < 1.29 is 23.9 Å². The van der Waals surface area contributed by atoms with Gasteiger partial charge in [-0.15, -0.1) is 5.06 Å². The summed E-state index contributed by atoms with van der Waals surface area (Å²) in [7, 11) is 3.47. The average Bonchev–Trinajstić information content (AvgIpc) is 3.68. The predicted octanol–water partition coefficient (Wildman–Crippen LogP) is 5.84. The van der Waals surface area contributed by atoms with Crippen LogP contribution in [0.2, 0.25) is 0 Å². The van der Waals surface area contributed by atoms with E-state index >= 15 is 0 Å². The number of hydroxylamine groups is 2. The number of nitrogens with one attached hydrogen (secondary N) is 1. The molecule has 2 aromatic heterocycles. The first-order valence-electron chi connectivity index (χ1n) is 14.9. The van der Waals surface area contributed by atoms with Crippen molar-refractivity contribution in [3.8, 4) is 0 Å². The summed E-state index contributed by atoms with van der Waals surface area (Å²) in [6, 6.07) is 25.1. The molecule has 6 aromatic rings. The minimum absolute atomic E-state index is 0.0545. The van der Waals surface area contributed by atoms with Gasteiger partial charge in [-0.25, -0.2) is 4.79 Å². The number of carbonyl (C=O) groups excluding carboxylic acids is 2. The van der Waals surface area contributed by atoms with Crippen LogP contribution in [-0.2, 0) is 26.6 Å². The molecule has 220 valence electrons. The second-order valence-corrected chi connectivity index (χ2v) is 12.1. The average molecular weight is 587 g/mol. The zero-order chi connectivity index (χ0) is 29.9. The van der Waals surface area contributed by atoms with Gasteiger partial charge < -0.3 is 28.8 Å². The second-order valence-electron chi connectivity index (χ2n) is 12.1. The van der Waals surface area contributed by atoms with Gasteiger partial charge >= 0.3 is 5.97 Å². The molecule has 44 heavy (non-hydrogen) atoms. The third-order valence-electron chi connectivity index (χ3n) is 9.90. The van der Waals surface area contributed by atoms with Gasteiger partial charge in [0.2, 0.25) is 0 Å². The molecule has 9 heteroatoms. The van der Waals surface area contributed by atoms with Crippen LogP contribution in [0.1, 0.15) is 45.9 Å². The number of aromatic nitrogens is 2. The number of likely N-dealkylation sites (N-methyl/N-ethyl adjacent to an activating group) is 1. The number of nitrogens with zero attached hydrogens (tertiary/aromatic N) is 3. The SMILES string of the molecule is CO[C@@H]1[C@H](N(C)OC(=O)c2ccccc2)C[C@H]2O[C@]1(C)n1c3ccccc3c3c4c(c5c6ccccc6n2c5c31)C(=O)NC4. The van der Waals surface area contributed by atoms with E-state index < -0.39 is 24.0 Å². The smallest absolute Gasteiger partial charge is 0.357 e. The van der Waals surface area contributed by atoms with Crippen molar-refractivity contribution in [3.63, 3.8) is 0 Å². The van der Waals surface area contributed by atoms with Crippen LogP contribution in [0.4, 0.5) is 0 Å². The van der Waals surface area contributed by atoms with E-state index in [0.717, 1.165) is 54.7 Å². The Bertz CT molecular complexity index is 2200. The van der Waals surface area contributed by atoms with E-state index in [-0.39, 0.29) is 11.9 Å². The van der Waals surface area contributed by atoms with Gasteiger partial charge in [0, 0.05) is 48.7 Å². The number of hydrogen-bond acceptors (Lipinski definition) is 6. The molecule has 0 radical (unpaired) electrons. The highest BCUT2D eigenvalue weighted by Crippen LogP contribution is 2.54. The van der Waals surface area contributed by atoms with Gasteiger partial charge in [-0.3, -0.25) is 4.79 Å². The van der Waals surface area contributed by atoms with Crippen molar-refractivity contribution in [2.45, 2.75) is 44.0 Å². The number of benzene rings is 4. The van der Waals surface area contributed by atoms with Crippen LogP contribution in [0, 0.1) is 0 Å². The number of ether oxygens (including phenoxy) is 2. The van der Waals surface area contributed by atoms with E-state index in [4.69, 9.17) is 14.3 Å². The maximum absolute atomic E-state index is 13.5. The lowest BCUT2D eigenvalue weighted by molar-refractivity contribution is -0.292. The number of hydrogen-bond donors (Lipinski definition) is 1. The maximum atomic E-state index is 13.5. The van der Waals surface area contributed by atoms with Crippen LogP contribution in [-0.4, -0.2) is 52.4 Å². The van der Waals surface area contributed by atoms with Crippen molar-refractivity contribution in [2.24, 2.45) is 0 Å². The number of para-hydroxylation sites is 2. The number of rotatable bonds is 4. The Morgan fingerprint density at radius 2 is 1.64 bits per heavy atom. The molecule has 2 bridgehead atoms. The first kappa shape index (κ1) is 25.8. The third kappa shape index (κ3) is 3.13. The van der Waals surface area contributed by atoms with Gasteiger partial charge in [-0.2, -0.15) is 0 Å². The molecular formula is C35H30N4O5. The summed E-state index contributed by atoms with van der Waals surface area (Å²) in [5, 5.41) is 8.81. The predicted molar refractivity (Wildman–Crippen MR) is 166 cm³/mol. The fourth-order valence-corrected chi connectivity index (χ4v) is 8.20. The van der Waals surface area contributed by atoms with Crippen molar-refractivity contribution >= 4 is 55.5 Å². The highest BCUT2D eigenvalue weighted by atomic mass is 16.7. The molecule has 0 spiro atoms. The summed E-state index contributed by atoms with van der Waals surface area (Å²) < 4.78 is 18.0. The molecule has 1 N–H and O–H groups in total. The molecular weight excluding hydrogens is 556 g/mol. The Morgan fingerprint density at radius 3 is 2.39 bits per heavy atom. The lowest BCUT2D eigenvalue weighted by Gasteiger charge is -2.49. The third-order valence-corrected chi connectivity index (χ3v) is 9.90. The quantitative estimate of drug-likeness (QED) is 0.261. The van der Waals surface area contributed by atoms with Gasteiger partial charge in [0.25, 0.3) is 5.91 Å². The van der Waals surface area contributed by atoms with E-state index in [1.54, 1.807) is 31.4 Å². The molecule has 4 atom stereocenters. The van der Waals surface area contributed by atoms with Gasteiger partial charge in [-0.1, -0.05) is 54.6 Å². The minimum atomic E-state index is -1.01. The second kappa shape index (κ2) is 8.92. The van der Waals surface area contributed by atoms with Crippen molar-refractivity contribution in [1.29, 1.82) is 0 Å². The van der Waals surface area contributed by atoms with E-state index in [1.807, 2.05) is 42.5 Å². The van der Waals surface area contributed by atoms with Crippen LogP contribution in [0.25, 0.3) is 43.6 Å². The maximum Gasteiger partial charge on any atom is 0.357 e. The molecule has 9 rings (SSSR count). The van der Waals surface area contributed by atoms with E-state index in [2.05, 4.69) is 45.6 Å². The van der Waals surface area contributed by atoms with Gasteiger partial charge in [0.15, 0.2) is 5.72 Å². The topological polar surface area (TPSA) is 87.0 Å². The zero-order valence-corrected chi connectivity index (χ0v) is 24.5. The van der Waals surface area contributed by atoms with E-state index in [0.29, 0.717) is 18.5 Å². The molecule has 3 aliphatic rings. The standard InChI is InChI=1S/C35H30N4O5/c1-35-32(42-3)25(37(2)44-34(41)19-11-5-4-6-12-19)17-26(43-35)38-23-15-9-7-13-20(23)28-29-22(18-36-33(29)40)27-21-14-8-10-16-24(21)39(35)31(27)30(28)38/h4-16,25-26,32H,17-18H2,1-3H3,(H,36,40)/t25-,26-,32-,35+/m1/s1. The highest BCUT2D eigenvalue weighted by molar-refractivity contribution is 6.31. The lowest BCUT2D eigenvalue weighted by atomic mass is 9.92. The van der Waals surface area contributed by atoms with E-state index in [9.17, 15) is 9.59 Å². The molecule has 0 unspecified atom stereocenters. The molecule has 1 saturated heterocycles. The Balaban J connectivity index is 1.36. The van der Waals surface area contributed by atoms with E-state index in [1.165, 1.54) is 0 Å². The summed E-state index contributed by atoms with van der Waals surface area (Å²) in [5.74, 6) is -0.489. The van der Waals surface area contributed by atoms with Crippen LogP contribution in [0.5, 0.6) is 0 Å². The van der Waals surface area contributed by atoms with Gasteiger partial charge in [0.05, 0.1) is 39.2 Å². The molecule has 0 saturated carbocycles. The molecule has 1 amide bonds. The van der Waals surface area contributed by atoms with Crippen LogP contribution >= 0.6 is 0 Å². The van der Waals surface area contributed by atoms with Crippen molar-refractivity contribution in [1.82, 2.24) is 19.5 Å². The molecule has 4 aromatic carbocycles. The summed E-state index contributed by atoms with van der Waals surface area (Å²) in [6.45, 7) is 2.53. The normalized spacial score (nSPS) is 24.0. The summed E-state index contributed by atoms with van der Waals surface area (Å²) in [6.07, 6.45) is -0.486. The molecule has 5 heterocycles. The number of fused-ring (bicyclic) bond motifs is 13.